The number of carbonyl (C=O) groups is 2. The van der Waals surface area contributed by atoms with Gasteiger partial charge in [0, 0.05) is 37.3 Å². The van der Waals surface area contributed by atoms with Crippen LogP contribution in [0.3, 0.4) is 0 Å². The predicted octanol–water partition coefficient (Wildman–Crippen LogP) is 1.69. The normalized spacial score (nSPS) is 14.8. The molecule has 6 heteroatoms. The van der Waals surface area contributed by atoms with E-state index < -0.39 is 5.97 Å². The summed E-state index contributed by atoms with van der Waals surface area (Å²) >= 11 is 0. The van der Waals surface area contributed by atoms with E-state index in [0.717, 1.165) is 18.7 Å². The highest BCUT2D eigenvalue weighted by molar-refractivity contribution is 5.94. The van der Waals surface area contributed by atoms with Crippen molar-refractivity contribution >= 4 is 11.9 Å². The van der Waals surface area contributed by atoms with Gasteiger partial charge in [0.15, 0.2) is 0 Å². The molecule has 0 spiro atoms. The van der Waals surface area contributed by atoms with E-state index in [1.54, 1.807) is 30.3 Å². The van der Waals surface area contributed by atoms with E-state index in [9.17, 15) is 9.59 Å². The molecule has 1 aliphatic rings. The number of hydrogen-bond donors (Lipinski definition) is 2. The van der Waals surface area contributed by atoms with Crippen LogP contribution in [0.1, 0.15) is 20.9 Å². The summed E-state index contributed by atoms with van der Waals surface area (Å²) < 4.78 is 5.24. The smallest absolute Gasteiger partial charge is 0.371 e. The fraction of sp³-hybridized carbons (Fsp3) is 0.250. The molecule has 1 aliphatic heterocycles. The monoisotopic (exact) mass is 300 g/mol. The Balaban J connectivity index is 1.76. The zero-order chi connectivity index (χ0) is 15.5. The number of hydrogen-bond acceptors (Lipinski definition) is 4. The third kappa shape index (κ3) is 2.87. The number of carboxylic acid groups (broad SMARTS) is 1. The number of carboxylic acids is 1. The first-order valence-electron chi connectivity index (χ1n) is 7.09. The van der Waals surface area contributed by atoms with Crippen molar-refractivity contribution in [2.75, 3.05) is 26.2 Å². The maximum Gasteiger partial charge on any atom is 0.371 e. The van der Waals surface area contributed by atoms with Crippen LogP contribution < -0.4 is 5.32 Å². The summed E-state index contributed by atoms with van der Waals surface area (Å²) in [5, 5.41) is 12.1. The minimum atomic E-state index is -1.10. The zero-order valence-corrected chi connectivity index (χ0v) is 11.9. The van der Waals surface area contributed by atoms with Gasteiger partial charge in [-0.3, -0.25) is 4.79 Å². The van der Waals surface area contributed by atoms with Crippen molar-refractivity contribution in [3.05, 3.63) is 47.7 Å². The minimum absolute atomic E-state index is 0.0127. The molecule has 1 amide bonds. The van der Waals surface area contributed by atoms with Gasteiger partial charge >= 0.3 is 5.97 Å². The number of furan rings is 1. The molecule has 6 nitrogen and oxygen atoms in total. The van der Waals surface area contributed by atoms with Crippen molar-refractivity contribution in [2.45, 2.75) is 0 Å². The number of piperazine rings is 1. The SMILES string of the molecule is O=C(O)c1ccc(-c2ccc(C(=O)N3CCNCC3)cc2)o1. The summed E-state index contributed by atoms with van der Waals surface area (Å²) in [5.74, 6) is -0.718. The van der Waals surface area contributed by atoms with Gasteiger partial charge in [0.1, 0.15) is 5.76 Å². The number of nitrogens with zero attached hydrogens (tertiary/aromatic N) is 1. The van der Waals surface area contributed by atoms with E-state index in [2.05, 4.69) is 5.32 Å². The molecule has 0 aliphatic carbocycles. The number of benzene rings is 1. The van der Waals surface area contributed by atoms with Gasteiger partial charge < -0.3 is 19.7 Å². The van der Waals surface area contributed by atoms with Crippen LogP contribution in [0.5, 0.6) is 0 Å². The molecule has 1 fully saturated rings. The lowest BCUT2D eigenvalue weighted by molar-refractivity contribution is 0.0662. The van der Waals surface area contributed by atoms with Crippen LogP contribution in [0.15, 0.2) is 40.8 Å². The average molecular weight is 300 g/mol. The number of rotatable bonds is 3. The Hall–Kier alpha value is -2.60. The van der Waals surface area contributed by atoms with Gasteiger partial charge in [0.2, 0.25) is 5.76 Å². The Morgan fingerprint density at radius 2 is 1.73 bits per heavy atom. The first-order valence-corrected chi connectivity index (χ1v) is 7.09. The van der Waals surface area contributed by atoms with Crippen LogP contribution in [-0.4, -0.2) is 48.1 Å². The van der Waals surface area contributed by atoms with Gasteiger partial charge in [-0.2, -0.15) is 0 Å². The quantitative estimate of drug-likeness (QED) is 0.901. The molecule has 0 unspecified atom stereocenters. The Labute approximate surface area is 127 Å². The molecule has 0 bridgehead atoms. The van der Waals surface area contributed by atoms with Crippen LogP contribution in [0.4, 0.5) is 0 Å². The highest BCUT2D eigenvalue weighted by Crippen LogP contribution is 2.23. The fourth-order valence-corrected chi connectivity index (χ4v) is 2.44. The van der Waals surface area contributed by atoms with Crippen LogP contribution in [0, 0.1) is 0 Å². The Bertz CT molecular complexity index is 684. The van der Waals surface area contributed by atoms with E-state index in [-0.39, 0.29) is 11.7 Å². The molecular weight excluding hydrogens is 284 g/mol. The van der Waals surface area contributed by atoms with Gasteiger partial charge in [-0.1, -0.05) is 12.1 Å². The molecule has 1 aromatic carbocycles. The predicted molar refractivity (Wildman–Crippen MR) is 79.9 cm³/mol. The largest absolute Gasteiger partial charge is 0.475 e. The second-order valence-electron chi connectivity index (χ2n) is 5.09. The number of carbonyl (C=O) groups excluding carboxylic acids is 1. The van der Waals surface area contributed by atoms with Crippen molar-refractivity contribution in [1.82, 2.24) is 10.2 Å². The number of amides is 1. The molecule has 114 valence electrons. The van der Waals surface area contributed by atoms with Crippen molar-refractivity contribution in [1.29, 1.82) is 0 Å². The van der Waals surface area contributed by atoms with Crippen molar-refractivity contribution < 1.29 is 19.1 Å². The van der Waals surface area contributed by atoms with Gasteiger partial charge in [-0.25, -0.2) is 4.79 Å². The van der Waals surface area contributed by atoms with Crippen molar-refractivity contribution in [3.63, 3.8) is 0 Å². The second-order valence-corrected chi connectivity index (χ2v) is 5.09. The molecule has 22 heavy (non-hydrogen) atoms. The third-order valence-electron chi connectivity index (χ3n) is 3.64. The second kappa shape index (κ2) is 6.03. The summed E-state index contributed by atoms with van der Waals surface area (Å²) in [5.41, 5.74) is 1.36. The fourth-order valence-electron chi connectivity index (χ4n) is 2.44. The van der Waals surface area contributed by atoms with Gasteiger partial charge in [0.25, 0.3) is 5.91 Å². The minimum Gasteiger partial charge on any atom is -0.475 e. The third-order valence-corrected chi connectivity index (χ3v) is 3.64. The number of aromatic carboxylic acids is 1. The van der Waals surface area contributed by atoms with Crippen LogP contribution in [-0.2, 0) is 0 Å². The van der Waals surface area contributed by atoms with Crippen LogP contribution >= 0.6 is 0 Å². The summed E-state index contributed by atoms with van der Waals surface area (Å²) in [6.45, 7) is 3.05. The van der Waals surface area contributed by atoms with E-state index in [4.69, 9.17) is 9.52 Å². The Morgan fingerprint density at radius 3 is 2.32 bits per heavy atom. The van der Waals surface area contributed by atoms with E-state index in [1.165, 1.54) is 6.07 Å². The summed E-state index contributed by atoms with van der Waals surface area (Å²) in [6.07, 6.45) is 0. The van der Waals surface area contributed by atoms with Gasteiger partial charge in [-0.05, 0) is 24.3 Å². The molecule has 0 atom stereocenters. The standard InChI is InChI=1S/C16H16N2O4/c19-15(18-9-7-17-8-10-18)12-3-1-11(2-4-12)13-5-6-14(22-13)16(20)21/h1-6,17H,7-10H2,(H,20,21). The van der Waals surface area contributed by atoms with Crippen molar-refractivity contribution in [2.24, 2.45) is 0 Å². The number of nitrogens with one attached hydrogen (secondary N) is 1. The Kier molecular flexibility index (Phi) is 3.93. The highest BCUT2D eigenvalue weighted by atomic mass is 16.4. The van der Waals surface area contributed by atoms with E-state index in [0.29, 0.717) is 24.4 Å². The molecule has 2 aromatic rings. The lowest BCUT2D eigenvalue weighted by Gasteiger charge is -2.27. The average Bonchev–Trinajstić information content (AvgIpc) is 3.05. The molecular formula is C16H16N2O4. The molecule has 0 radical (unpaired) electrons. The van der Waals surface area contributed by atoms with Gasteiger partial charge in [0.05, 0.1) is 0 Å². The topological polar surface area (TPSA) is 82.8 Å². The van der Waals surface area contributed by atoms with E-state index in [1.807, 2.05) is 4.90 Å². The maximum absolute atomic E-state index is 12.3. The molecule has 2 N–H and O–H groups in total. The van der Waals surface area contributed by atoms with Gasteiger partial charge in [-0.15, -0.1) is 0 Å². The molecule has 1 aromatic heterocycles. The summed E-state index contributed by atoms with van der Waals surface area (Å²) in [7, 11) is 0. The lowest BCUT2D eigenvalue weighted by atomic mass is 10.1. The first-order chi connectivity index (χ1) is 10.6. The molecule has 2 heterocycles. The van der Waals surface area contributed by atoms with Crippen LogP contribution in [0.25, 0.3) is 11.3 Å². The zero-order valence-electron chi connectivity index (χ0n) is 11.9. The maximum atomic E-state index is 12.3. The van der Waals surface area contributed by atoms with E-state index >= 15 is 0 Å². The molecule has 1 saturated heterocycles. The first kappa shape index (κ1) is 14.3. The molecule has 3 rings (SSSR count). The highest BCUT2D eigenvalue weighted by Gasteiger charge is 2.18. The van der Waals surface area contributed by atoms with Crippen LogP contribution in [0.2, 0.25) is 0 Å². The summed E-state index contributed by atoms with van der Waals surface area (Å²) in [4.78, 5) is 25.0. The molecule has 0 saturated carbocycles. The summed E-state index contributed by atoms with van der Waals surface area (Å²) in [6, 6.07) is 10.0. The van der Waals surface area contributed by atoms with Crippen molar-refractivity contribution in [3.8, 4) is 11.3 Å². The lowest BCUT2D eigenvalue weighted by Crippen LogP contribution is -2.46. The Morgan fingerprint density at radius 1 is 1.05 bits per heavy atom.